The minimum atomic E-state index is -3.70. The predicted octanol–water partition coefficient (Wildman–Crippen LogP) is 2.28. The Morgan fingerprint density at radius 2 is 1.70 bits per heavy atom. The van der Waals surface area contributed by atoms with Crippen LogP contribution < -0.4 is 4.72 Å². The van der Waals surface area contributed by atoms with Gasteiger partial charge in [0.15, 0.2) is 0 Å². The van der Waals surface area contributed by atoms with Gasteiger partial charge in [0.25, 0.3) is 0 Å². The first-order valence-electron chi connectivity index (χ1n) is 6.44. The SMILES string of the molecule is CC(O)C(C)(C)NS(=O)(=O)c1cccc2ccccc12. The summed E-state index contributed by atoms with van der Waals surface area (Å²) >= 11 is 0. The first-order valence-corrected chi connectivity index (χ1v) is 7.92. The van der Waals surface area contributed by atoms with E-state index < -0.39 is 21.7 Å². The average Bonchev–Trinajstić information content (AvgIpc) is 2.36. The minimum absolute atomic E-state index is 0.226. The van der Waals surface area contributed by atoms with Crippen LogP contribution in [0.15, 0.2) is 47.4 Å². The molecule has 0 aliphatic rings. The molecule has 0 aliphatic heterocycles. The maximum absolute atomic E-state index is 12.5. The van der Waals surface area contributed by atoms with Crippen LogP contribution in [0.2, 0.25) is 0 Å². The molecule has 0 spiro atoms. The molecule has 0 fully saturated rings. The summed E-state index contributed by atoms with van der Waals surface area (Å²) in [6.45, 7) is 4.87. The number of aliphatic hydroxyl groups excluding tert-OH is 1. The smallest absolute Gasteiger partial charge is 0.241 e. The maximum Gasteiger partial charge on any atom is 0.241 e. The molecule has 0 aliphatic carbocycles. The van der Waals surface area contributed by atoms with Crippen LogP contribution in [0.5, 0.6) is 0 Å². The van der Waals surface area contributed by atoms with Gasteiger partial charge >= 0.3 is 0 Å². The Hall–Kier alpha value is -1.43. The number of aliphatic hydroxyl groups is 1. The van der Waals surface area contributed by atoms with Gasteiger partial charge in [0.2, 0.25) is 10.0 Å². The Bertz CT molecular complexity index is 715. The van der Waals surface area contributed by atoms with Crippen LogP contribution in [0.1, 0.15) is 20.8 Å². The highest BCUT2D eigenvalue weighted by Gasteiger charge is 2.31. The first kappa shape index (κ1) is 15.0. The van der Waals surface area contributed by atoms with E-state index in [4.69, 9.17) is 0 Å². The van der Waals surface area contributed by atoms with Crippen molar-refractivity contribution in [2.45, 2.75) is 37.3 Å². The Labute approximate surface area is 119 Å². The molecule has 2 aromatic rings. The van der Waals surface area contributed by atoms with Crippen molar-refractivity contribution in [3.63, 3.8) is 0 Å². The van der Waals surface area contributed by atoms with E-state index in [1.165, 1.54) is 0 Å². The second-order valence-corrected chi connectivity index (χ2v) is 7.13. The molecule has 4 nitrogen and oxygen atoms in total. The predicted molar refractivity (Wildman–Crippen MR) is 80.0 cm³/mol. The highest BCUT2D eigenvalue weighted by atomic mass is 32.2. The van der Waals surface area contributed by atoms with E-state index in [2.05, 4.69) is 4.72 Å². The molecular formula is C15H19NO3S. The van der Waals surface area contributed by atoms with Gasteiger partial charge in [-0.2, -0.15) is 0 Å². The van der Waals surface area contributed by atoms with Crippen molar-refractivity contribution in [3.8, 4) is 0 Å². The molecule has 5 heteroatoms. The van der Waals surface area contributed by atoms with Gasteiger partial charge in [-0.3, -0.25) is 0 Å². The lowest BCUT2D eigenvalue weighted by atomic mass is 10.0. The van der Waals surface area contributed by atoms with Crippen molar-refractivity contribution in [3.05, 3.63) is 42.5 Å². The number of hydrogen-bond donors (Lipinski definition) is 2. The van der Waals surface area contributed by atoms with Crippen molar-refractivity contribution < 1.29 is 13.5 Å². The van der Waals surface area contributed by atoms with Crippen molar-refractivity contribution in [2.75, 3.05) is 0 Å². The third-order valence-electron chi connectivity index (χ3n) is 3.48. The van der Waals surface area contributed by atoms with Crippen LogP contribution in [0.25, 0.3) is 10.8 Å². The molecule has 2 rings (SSSR count). The van der Waals surface area contributed by atoms with E-state index in [9.17, 15) is 13.5 Å². The molecule has 0 heterocycles. The summed E-state index contributed by atoms with van der Waals surface area (Å²) in [6.07, 6.45) is -0.799. The van der Waals surface area contributed by atoms with Gasteiger partial charge in [0, 0.05) is 5.39 Å². The van der Waals surface area contributed by atoms with Crippen molar-refractivity contribution in [1.29, 1.82) is 0 Å². The van der Waals surface area contributed by atoms with Gasteiger partial charge in [-0.15, -0.1) is 0 Å². The Kier molecular flexibility index (Phi) is 3.86. The zero-order chi connectivity index (χ0) is 15.0. The number of sulfonamides is 1. The van der Waals surface area contributed by atoms with Gasteiger partial charge in [0.1, 0.15) is 0 Å². The molecular weight excluding hydrogens is 274 g/mol. The second kappa shape index (κ2) is 5.16. The van der Waals surface area contributed by atoms with Crippen LogP contribution in [0, 0.1) is 0 Å². The average molecular weight is 293 g/mol. The summed E-state index contributed by atoms with van der Waals surface area (Å²) in [5.41, 5.74) is -0.935. The summed E-state index contributed by atoms with van der Waals surface area (Å²) in [4.78, 5) is 0.226. The van der Waals surface area contributed by atoms with Crippen molar-refractivity contribution >= 4 is 20.8 Å². The molecule has 2 N–H and O–H groups in total. The minimum Gasteiger partial charge on any atom is -0.391 e. The van der Waals surface area contributed by atoms with Crippen molar-refractivity contribution in [1.82, 2.24) is 4.72 Å². The Morgan fingerprint density at radius 3 is 2.35 bits per heavy atom. The van der Waals surface area contributed by atoms with E-state index in [1.54, 1.807) is 45.0 Å². The Morgan fingerprint density at radius 1 is 1.10 bits per heavy atom. The van der Waals surface area contributed by atoms with E-state index in [-0.39, 0.29) is 4.90 Å². The Balaban J connectivity index is 2.53. The lowest BCUT2D eigenvalue weighted by molar-refractivity contribution is 0.111. The number of nitrogens with one attached hydrogen (secondary N) is 1. The van der Waals surface area contributed by atoms with E-state index in [0.717, 1.165) is 5.39 Å². The van der Waals surface area contributed by atoms with Crippen molar-refractivity contribution in [2.24, 2.45) is 0 Å². The number of hydrogen-bond acceptors (Lipinski definition) is 3. The monoisotopic (exact) mass is 293 g/mol. The fraction of sp³-hybridized carbons (Fsp3) is 0.333. The molecule has 108 valence electrons. The van der Waals surface area contributed by atoms with Crippen LogP contribution in [-0.2, 0) is 10.0 Å². The molecule has 2 aromatic carbocycles. The van der Waals surface area contributed by atoms with Crippen LogP contribution in [-0.4, -0.2) is 25.2 Å². The summed E-state index contributed by atoms with van der Waals surface area (Å²) in [5.74, 6) is 0. The quantitative estimate of drug-likeness (QED) is 0.909. The summed E-state index contributed by atoms with van der Waals surface area (Å²) in [5, 5.41) is 11.2. The molecule has 0 radical (unpaired) electrons. The molecule has 1 atom stereocenters. The molecule has 0 saturated heterocycles. The first-order chi connectivity index (χ1) is 9.24. The van der Waals surface area contributed by atoms with Crippen LogP contribution in [0.4, 0.5) is 0 Å². The molecule has 0 bridgehead atoms. The fourth-order valence-electron chi connectivity index (χ4n) is 1.92. The van der Waals surface area contributed by atoms with E-state index >= 15 is 0 Å². The van der Waals surface area contributed by atoms with Gasteiger partial charge in [-0.1, -0.05) is 36.4 Å². The van der Waals surface area contributed by atoms with Gasteiger partial charge in [-0.25, -0.2) is 13.1 Å². The lowest BCUT2D eigenvalue weighted by Gasteiger charge is -2.29. The van der Waals surface area contributed by atoms with Crippen LogP contribution >= 0.6 is 0 Å². The molecule has 0 saturated carbocycles. The fourth-order valence-corrected chi connectivity index (χ4v) is 3.62. The zero-order valence-corrected chi connectivity index (χ0v) is 12.6. The number of benzene rings is 2. The van der Waals surface area contributed by atoms with E-state index in [1.807, 2.05) is 18.2 Å². The largest absolute Gasteiger partial charge is 0.391 e. The molecule has 20 heavy (non-hydrogen) atoms. The lowest BCUT2D eigenvalue weighted by Crippen LogP contribution is -2.50. The molecule has 0 aromatic heterocycles. The van der Waals surface area contributed by atoms with Gasteiger partial charge in [-0.05, 0) is 32.2 Å². The van der Waals surface area contributed by atoms with E-state index in [0.29, 0.717) is 5.39 Å². The number of fused-ring (bicyclic) bond motifs is 1. The highest BCUT2D eigenvalue weighted by molar-refractivity contribution is 7.89. The number of rotatable bonds is 4. The third kappa shape index (κ3) is 2.85. The van der Waals surface area contributed by atoms with Crippen LogP contribution in [0.3, 0.4) is 0 Å². The van der Waals surface area contributed by atoms with Gasteiger partial charge in [0.05, 0.1) is 16.5 Å². The zero-order valence-electron chi connectivity index (χ0n) is 11.8. The summed E-state index contributed by atoms with van der Waals surface area (Å²) in [6, 6.07) is 12.5. The summed E-state index contributed by atoms with van der Waals surface area (Å²) in [7, 11) is -3.70. The third-order valence-corrected chi connectivity index (χ3v) is 5.21. The van der Waals surface area contributed by atoms with Gasteiger partial charge < -0.3 is 5.11 Å². The molecule has 0 amide bonds. The normalized spacial score (nSPS) is 14.4. The molecule has 1 unspecified atom stereocenters. The maximum atomic E-state index is 12.5. The highest BCUT2D eigenvalue weighted by Crippen LogP contribution is 2.24. The topological polar surface area (TPSA) is 66.4 Å². The standard InChI is InChI=1S/C15H19NO3S/c1-11(17)15(2,3)16-20(18,19)14-10-6-8-12-7-4-5-9-13(12)14/h4-11,16-17H,1-3H3. The second-order valence-electron chi connectivity index (χ2n) is 5.48. The summed E-state index contributed by atoms with van der Waals surface area (Å²) < 4.78 is 27.7.